The Balaban J connectivity index is 3.08. The van der Waals surface area contributed by atoms with E-state index in [1.807, 2.05) is 0 Å². The molecule has 0 aliphatic rings. The first-order valence-electron chi connectivity index (χ1n) is 5.08. The van der Waals surface area contributed by atoms with Crippen molar-refractivity contribution in [3.63, 3.8) is 0 Å². The summed E-state index contributed by atoms with van der Waals surface area (Å²) in [7, 11) is 2.38. The van der Waals surface area contributed by atoms with E-state index in [-0.39, 0.29) is 10.7 Å². The molecule has 1 rings (SSSR count). The van der Waals surface area contributed by atoms with E-state index in [1.54, 1.807) is 18.2 Å². The van der Waals surface area contributed by atoms with Gasteiger partial charge in [-0.25, -0.2) is 9.59 Å². The highest BCUT2D eigenvalue weighted by Gasteiger charge is 2.14. The van der Waals surface area contributed by atoms with Gasteiger partial charge in [0.05, 0.1) is 36.0 Å². The third-order valence-electron chi connectivity index (χ3n) is 2.09. The zero-order valence-corrected chi connectivity index (χ0v) is 11.7. The number of carbonyl (C=O) groups is 2. The summed E-state index contributed by atoms with van der Waals surface area (Å²) < 4.78 is 8.99. The lowest BCUT2D eigenvalue weighted by Gasteiger charge is -2.11. The summed E-state index contributed by atoms with van der Waals surface area (Å²) in [5, 5.41) is 3.21. The van der Waals surface area contributed by atoms with Crippen LogP contribution in [0.5, 0.6) is 0 Å². The molecule has 0 unspecified atom stereocenters. The zero-order chi connectivity index (χ0) is 14.4. The van der Waals surface area contributed by atoms with Crippen molar-refractivity contribution in [1.29, 1.82) is 0 Å². The van der Waals surface area contributed by atoms with Gasteiger partial charge in [-0.05, 0) is 12.1 Å². The van der Waals surface area contributed by atoms with Crippen molar-refractivity contribution in [2.75, 3.05) is 19.5 Å². The molecule has 19 heavy (non-hydrogen) atoms. The Morgan fingerprint density at radius 3 is 2.47 bits per heavy atom. The average molecular weight is 304 g/mol. The molecule has 0 saturated carbocycles. The number of carbonyl (C=O) groups excluding carboxylic acids is 2. The van der Waals surface area contributed by atoms with Crippen LogP contribution in [0.3, 0.4) is 0 Å². The van der Waals surface area contributed by atoms with Crippen LogP contribution in [-0.2, 0) is 19.1 Å². The summed E-state index contributed by atoms with van der Waals surface area (Å²) in [6.07, 6.45) is 0.961. The van der Waals surface area contributed by atoms with Gasteiger partial charge in [0.1, 0.15) is 5.70 Å². The van der Waals surface area contributed by atoms with E-state index >= 15 is 0 Å². The van der Waals surface area contributed by atoms with Crippen LogP contribution in [0.4, 0.5) is 5.69 Å². The van der Waals surface area contributed by atoms with Gasteiger partial charge in [0.15, 0.2) is 0 Å². The van der Waals surface area contributed by atoms with E-state index in [2.05, 4.69) is 14.8 Å². The minimum atomic E-state index is -0.735. The van der Waals surface area contributed by atoms with Crippen LogP contribution in [0.15, 0.2) is 30.0 Å². The van der Waals surface area contributed by atoms with Gasteiger partial charge in [-0.15, -0.1) is 0 Å². The Bertz CT molecular complexity index is 528. The molecule has 0 saturated heterocycles. The van der Waals surface area contributed by atoms with E-state index in [0.717, 1.165) is 6.08 Å². The lowest BCUT2D eigenvalue weighted by atomic mass is 10.3. The summed E-state index contributed by atoms with van der Waals surface area (Å²) in [6.45, 7) is 0. The van der Waals surface area contributed by atoms with E-state index in [4.69, 9.17) is 23.2 Å². The lowest BCUT2D eigenvalue weighted by Crippen LogP contribution is -2.15. The molecule has 0 radical (unpaired) electrons. The standard InChI is InChI=1S/C12H11Cl2NO4/c1-18-10(16)6-9(12(17)19-2)15-8-5-3-4-7(13)11(8)14/h3-6,15H,1-2H3/b9-6-. The highest BCUT2D eigenvalue weighted by atomic mass is 35.5. The Labute approximate surface area is 120 Å². The number of methoxy groups -OCH3 is 2. The number of halogens is 2. The third kappa shape index (κ3) is 4.15. The first-order valence-corrected chi connectivity index (χ1v) is 5.84. The minimum Gasteiger partial charge on any atom is -0.466 e. The normalized spacial score (nSPS) is 10.8. The van der Waals surface area contributed by atoms with Gasteiger partial charge in [0.2, 0.25) is 0 Å². The Morgan fingerprint density at radius 2 is 1.89 bits per heavy atom. The first kappa shape index (κ1) is 15.3. The maximum Gasteiger partial charge on any atom is 0.354 e. The van der Waals surface area contributed by atoms with Crippen molar-refractivity contribution in [1.82, 2.24) is 0 Å². The monoisotopic (exact) mass is 303 g/mol. The van der Waals surface area contributed by atoms with E-state index in [0.29, 0.717) is 10.7 Å². The quantitative estimate of drug-likeness (QED) is 0.684. The second-order valence-corrected chi connectivity index (χ2v) is 4.08. The van der Waals surface area contributed by atoms with Crippen LogP contribution < -0.4 is 5.32 Å². The van der Waals surface area contributed by atoms with E-state index in [1.165, 1.54) is 14.2 Å². The number of benzene rings is 1. The summed E-state index contributed by atoms with van der Waals surface area (Å²) >= 11 is 11.8. The molecule has 0 aliphatic heterocycles. The van der Waals surface area contributed by atoms with Crippen molar-refractivity contribution in [3.05, 3.63) is 40.0 Å². The van der Waals surface area contributed by atoms with Crippen LogP contribution in [0, 0.1) is 0 Å². The fraction of sp³-hybridized carbons (Fsp3) is 0.167. The molecule has 1 N–H and O–H groups in total. The molecular weight excluding hydrogens is 293 g/mol. The molecule has 7 heteroatoms. The Morgan fingerprint density at radius 1 is 1.21 bits per heavy atom. The second-order valence-electron chi connectivity index (χ2n) is 3.30. The predicted molar refractivity (Wildman–Crippen MR) is 72.2 cm³/mol. The number of rotatable bonds is 4. The summed E-state index contributed by atoms with van der Waals surface area (Å²) in [4.78, 5) is 22.7. The number of hydrogen-bond acceptors (Lipinski definition) is 5. The molecule has 5 nitrogen and oxygen atoms in total. The second kappa shape index (κ2) is 7.01. The van der Waals surface area contributed by atoms with Crippen molar-refractivity contribution < 1.29 is 19.1 Å². The molecule has 0 spiro atoms. The summed E-state index contributed by atoms with van der Waals surface area (Å²) in [5.74, 6) is -1.44. The van der Waals surface area contributed by atoms with Crippen LogP contribution in [0.1, 0.15) is 0 Å². The SMILES string of the molecule is COC(=O)/C=C(\Nc1cccc(Cl)c1Cl)C(=O)OC. The van der Waals surface area contributed by atoms with Crippen molar-refractivity contribution >= 4 is 40.8 Å². The fourth-order valence-corrected chi connectivity index (χ4v) is 1.53. The van der Waals surface area contributed by atoms with Gasteiger partial charge in [0, 0.05) is 0 Å². The van der Waals surface area contributed by atoms with Crippen molar-refractivity contribution in [3.8, 4) is 0 Å². The lowest BCUT2D eigenvalue weighted by molar-refractivity contribution is -0.138. The maximum atomic E-state index is 11.5. The Hall–Kier alpha value is -1.72. The van der Waals surface area contributed by atoms with Gasteiger partial charge >= 0.3 is 11.9 Å². The highest BCUT2D eigenvalue weighted by molar-refractivity contribution is 6.43. The molecule has 0 bridgehead atoms. The molecule has 0 fully saturated rings. The molecule has 1 aromatic carbocycles. The molecule has 0 aromatic heterocycles. The van der Waals surface area contributed by atoms with Gasteiger partial charge in [0.25, 0.3) is 0 Å². The largest absolute Gasteiger partial charge is 0.466 e. The smallest absolute Gasteiger partial charge is 0.354 e. The van der Waals surface area contributed by atoms with Gasteiger partial charge in [-0.1, -0.05) is 29.3 Å². The van der Waals surface area contributed by atoms with Crippen molar-refractivity contribution in [2.24, 2.45) is 0 Å². The molecule has 1 aromatic rings. The summed E-state index contributed by atoms with van der Waals surface area (Å²) in [5.41, 5.74) is 0.258. The Kier molecular flexibility index (Phi) is 5.66. The number of ether oxygens (including phenoxy) is 2. The molecule has 102 valence electrons. The van der Waals surface area contributed by atoms with Gasteiger partial charge in [-0.3, -0.25) is 0 Å². The van der Waals surface area contributed by atoms with E-state index < -0.39 is 11.9 Å². The summed E-state index contributed by atoms with van der Waals surface area (Å²) in [6, 6.07) is 4.84. The number of anilines is 1. The van der Waals surface area contributed by atoms with Crippen LogP contribution in [-0.4, -0.2) is 26.2 Å². The topological polar surface area (TPSA) is 64.6 Å². The van der Waals surface area contributed by atoms with Crippen molar-refractivity contribution in [2.45, 2.75) is 0 Å². The number of nitrogens with one attached hydrogen (secondary N) is 1. The fourth-order valence-electron chi connectivity index (χ4n) is 1.18. The van der Waals surface area contributed by atoms with Crippen LogP contribution in [0.2, 0.25) is 10.0 Å². The van der Waals surface area contributed by atoms with Gasteiger partial charge < -0.3 is 14.8 Å². The third-order valence-corrected chi connectivity index (χ3v) is 2.91. The number of esters is 2. The van der Waals surface area contributed by atoms with Crippen LogP contribution >= 0.6 is 23.2 Å². The van der Waals surface area contributed by atoms with E-state index in [9.17, 15) is 9.59 Å². The molecular formula is C12H11Cl2NO4. The average Bonchev–Trinajstić information content (AvgIpc) is 2.41. The highest BCUT2D eigenvalue weighted by Crippen LogP contribution is 2.30. The molecule has 0 aliphatic carbocycles. The zero-order valence-electron chi connectivity index (χ0n) is 10.2. The first-order chi connectivity index (χ1) is 8.99. The minimum absolute atomic E-state index is 0.112. The molecule has 0 amide bonds. The van der Waals surface area contributed by atoms with Crippen LogP contribution in [0.25, 0.3) is 0 Å². The molecule has 0 heterocycles. The predicted octanol–water partition coefficient (Wildman–Crippen LogP) is 2.64. The molecule has 0 atom stereocenters. The number of hydrogen-bond donors (Lipinski definition) is 1. The van der Waals surface area contributed by atoms with Gasteiger partial charge in [-0.2, -0.15) is 0 Å². The maximum absolute atomic E-state index is 11.5.